The van der Waals surface area contributed by atoms with Gasteiger partial charge in [0.1, 0.15) is 28.0 Å². The lowest BCUT2D eigenvalue weighted by molar-refractivity contribution is 0.384. The zero-order valence-corrected chi connectivity index (χ0v) is 17.8. The maximum absolute atomic E-state index is 12.7. The van der Waals surface area contributed by atoms with Crippen LogP contribution in [0.3, 0.4) is 0 Å². The molecule has 1 saturated carbocycles. The van der Waals surface area contributed by atoms with Crippen LogP contribution < -0.4 is 14.9 Å². The van der Waals surface area contributed by atoms with Gasteiger partial charge in [-0.05, 0) is 46.5 Å². The second-order valence-electron chi connectivity index (χ2n) is 7.52. The molecule has 0 bridgehead atoms. The summed E-state index contributed by atoms with van der Waals surface area (Å²) in [5.41, 5.74) is 0.385. The molecule has 0 aromatic carbocycles. The number of nitrogens with zero attached hydrogens (tertiary/aromatic N) is 4. The number of hydrogen-bond acceptors (Lipinski definition) is 8. The lowest BCUT2D eigenvalue weighted by atomic mass is 9.92. The van der Waals surface area contributed by atoms with Crippen LogP contribution in [0.1, 0.15) is 43.0 Å². The van der Waals surface area contributed by atoms with Gasteiger partial charge in [0, 0.05) is 32.2 Å². The van der Waals surface area contributed by atoms with Crippen LogP contribution in [0.5, 0.6) is 0 Å². The minimum atomic E-state index is -3.63. The molecule has 1 aliphatic rings. The molecule has 2 aromatic heterocycles. The zero-order chi connectivity index (χ0) is 20.5. The Labute approximate surface area is 166 Å². The van der Waals surface area contributed by atoms with Gasteiger partial charge in [0.2, 0.25) is 10.0 Å². The molecule has 0 saturated heterocycles. The highest BCUT2D eigenvalue weighted by atomic mass is 32.2. The van der Waals surface area contributed by atoms with Crippen molar-refractivity contribution >= 4 is 21.7 Å². The first-order chi connectivity index (χ1) is 13.2. The Kier molecular flexibility index (Phi) is 5.90. The molecule has 0 atom stereocenters. The van der Waals surface area contributed by atoms with Crippen molar-refractivity contribution < 1.29 is 12.9 Å². The van der Waals surface area contributed by atoms with Gasteiger partial charge in [0.05, 0.1) is 0 Å². The van der Waals surface area contributed by atoms with E-state index in [1.165, 1.54) is 0 Å². The van der Waals surface area contributed by atoms with Crippen LogP contribution in [0.2, 0.25) is 0 Å². The summed E-state index contributed by atoms with van der Waals surface area (Å²) in [5, 5.41) is 7.21. The maximum Gasteiger partial charge on any atom is 0.246 e. The minimum Gasteiger partial charge on any atom is -0.367 e. The topological polar surface area (TPSA) is 113 Å². The molecule has 1 fully saturated rings. The van der Waals surface area contributed by atoms with Crippen LogP contribution in [0, 0.1) is 20.8 Å². The molecule has 9 nitrogen and oxygen atoms in total. The second kappa shape index (κ2) is 8.04. The van der Waals surface area contributed by atoms with E-state index in [4.69, 9.17) is 4.52 Å². The lowest BCUT2D eigenvalue weighted by Crippen LogP contribution is -2.40. The van der Waals surface area contributed by atoms with E-state index >= 15 is 0 Å². The Hall–Kier alpha value is -2.20. The van der Waals surface area contributed by atoms with Crippen LogP contribution in [-0.2, 0) is 10.0 Å². The third kappa shape index (κ3) is 4.61. The second-order valence-corrected chi connectivity index (χ2v) is 9.17. The van der Waals surface area contributed by atoms with Gasteiger partial charge in [-0.3, -0.25) is 0 Å². The smallest absolute Gasteiger partial charge is 0.246 e. The fourth-order valence-electron chi connectivity index (χ4n) is 3.56. The molecule has 1 aliphatic carbocycles. The molecular weight excluding hydrogens is 380 g/mol. The van der Waals surface area contributed by atoms with E-state index in [-0.39, 0.29) is 17.0 Å². The van der Waals surface area contributed by atoms with Crippen molar-refractivity contribution in [3.63, 3.8) is 0 Å². The minimum absolute atomic E-state index is 0.0961. The Bertz CT molecular complexity index is 913. The number of aromatic nitrogens is 3. The van der Waals surface area contributed by atoms with E-state index in [1.807, 2.05) is 32.0 Å². The summed E-state index contributed by atoms with van der Waals surface area (Å²) in [6.07, 6.45) is 3.22. The highest BCUT2D eigenvalue weighted by molar-refractivity contribution is 7.89. The van der Waals surface area contributed by atoms with E-state index in [0.717, 1.165) is 43.1 Å². The van der Waals surface area contributed by atoms with E-state index in [9.17, 15) is 8.42 Å². The number of anilines is 2. The molecular formula is C18H28N6O3S. The number of nitrogens with one attached hydrogen (secondary N) is 2. The number of sulfonamides is 1. The Morgan fingerprint density at radius 3 is 2.29 bits per heavy atom. The molecule has 2 N–H and O–H groups in total. The summed E-state index contributed by atoms with van der Waals surface area (Å²) >= 11 is 0. The summed E-state index contributed by atoms with van der Waals surface area (Å²) in [7, 11) is 0.265. The average Bonchev–Trinajstić information content (AvgIpc) is 2.95. The van der Waals surface area contributed by atoms with Gasteiger partial charge in [0.15, 0.2) is 5.76 Å². The van der Waals surface area contributed by atoms with E-state index in [0.29, 0.717) is 11.5 Å². The van der Waals surface area contributed by atoms with Crippen LogP contribution >= 0.6 is 0 Å². The van der Waals surface area contributed by atoms with Crippen LogP contribution in [-0.4, -0.2) is 49.7 Å². The molecule has 154 valence electrons. The van der Waals surface area contributed by atoms with Gasteiger partial charge in [-0.1, -0.05) is 5.16 Å². The van der Waals surface area contributed by atoms with Gasteiger partial charge in [-0.15, -0.1) is 0 Å². The summed E-state index contributed by atoms with van der Waals surface area (Å²) in [5.74, 6) is 2.69. The maximum atomic E-state index is 12.7. The van der Waals surface area contributed by atoms with Crippen molar-refractivity contribution in [1.82, 2.24) is 19.8 Å². The molecule has 2 aromatic rings. The molecule has 0 amide bonds. The summed E-state index contributed by atoms with van der Waals surface area (Å²) in [6, 6.07) is 2.09. The van der Waals surface area contributed by atoms with Crippen molar-refractivity contribution in [2.24, 2.45) is 0 Å². The van der Waals surface area contributed by atoms with Crippen LogP contribution in [0.4, 0.5) is 11.6 Å². The summed E-state index contributed by atoms with van der Waals surface area (Å²) in [4.78, 5) is 11.0. The molecule has 28 heavy (non-hydrogen) atoms. The summed E-state index contributed by atoms with van der Waals surface area (Å²) in [6.45, 7) is 5.12. The highest BCUT2D eigenvalue weighted by Crippen LogP contribution is 2.25. The quantitative estimate of drug-likeness (QED) is 0.747. The molecule has 0 aliphatic heterocycles. The summed E-state index contributed by atoms with van der Waals surface area (Å²) < 4.78 is 33.1. The van der Waals surface area contributed by atoms with Gasteiger partial charge >= 0.3 is 0 Å². The third-order valence-corrected chi connectivity index (χ3v) is 6.68. The predicted molar refractivity (Wildman–Crippen MR) is 107 cm³/mol. The van der Waals surface area contributed by atoms with Crippen LogP contribution in [0.25, 0.3) is 0 Å². The monoisotopic (exact) mass is 408 g/mol. The van der Waals surface area contributed by atoms with E-state index in [1.54, 1.807) is 13.8 Å². The normalized spacial score (nSPS) is 20.2. The van der Waals surface area contributed by atoms with Gasteiger partial charge in [0.25, 0.3) is 0 Å². The lowest BCUT2D eigenvalue weighted by Gasteiger charge is -2.30. The van der Waals surface area contributed by atoms with Crippen molar-refractivity contribution in [2.45, 2.75) is 63.4 Å². The Morgan fingerprint density at radius 1 is 1.07 bits per heavy atom. The van der Waals surface area contributed by atoms with Crippen molar-refractivity contribution in [2.75, 3.05) is 24.3 Å². The average molecular weight is 409 g/mol. The first-order valence-corrected chi connectivity index (χ1v) is 10.9. The van der Waals surface area contributed by atoms with Crippen molar-refractivity contribution in [3.05, 3.63) is 23.3 Å². The molecule has 2 heterocycles. The van der Waals surface area contributed by atoms with Gasteiger partial charge in [-0.2, -0.15) is 0 Å². The fraction of sp³-hybridized carbons (Fsp3) is 0.611. The van der Waals surface area contributed by atoms with Crippen LogP contribution in [0.15, 0.2) is 15.5 Å². The van der Waals surface area contributed by atoms with E-state index < -0.39 is 10.0 Å². The third-order valence-electron chi connectivity index (χ3n) is 4.92. The largest absolute Gasteiger partial charge is 0.367 e. The van der Waals surface area contributed by atoms with Crippen molar-refractivity contribution in [1.29, 1.82) is 0 Å². The molecule has 0 spiro atoms. The first kappa shape index (κ1) is 20.5. The SMILES string of the molecule is Cc1nc(NC2CCC(NS(=O)(=O)c3c(C)noc3C)CC2)cc(N(C)C)n1. The molecule has 0 radical (unpaired) electrons. The number of rotatable bonds is 6. The predicted octanol–water partition coefficient (Wildman–Crippen LogP) is 2.16. The standard InChI is InChI=1S/C18H28N6O3S/c1-11-18(12(2)27-22-11)28(25,26)23-15-8-6-14(7-9-15)21-16-10-17(24(4)5)20-13(3)19-16/h10,14-15,23H,6-9H2,1-5H3,(H,19,20,21). The Morgan fingerprint density at radius 2 is 1.71 bits per heavy atom. The van der Waals surface area contributed by atoms with E-state index in [2.05, 4.69) is 25.2 Å². The first-order valence-electron chi connectivity index (χ1n) is 9.40. The van der Waals surface area contributed by atoms with Crippen molar-refractivity contribution in [3.8, 4) is 0 Å². The highest BCUT2D eigenvalue weighted by Gasteiger charge is 2.29. The van der Waals surface area contributed by atoms with Gasteiger partial charge < -0.3 is 14.7 Å². The molecule has 0 unspecified atom stereocenters. The number of aryl methyl sites for hydroxylation is 3. The fourth-order valence-corrected chi connectivity index (χ4v) is 5.19. The molecule has 3 rings (SSSR count). The number of hydrogen-bond donors (Lipinski definition) is 2. The Balaban J connectivity index is 1.59. The molecule has 10 heteroatoms. The van der Waals surface area contributed by atoms with Gasteiger partial charge in [-0.25, -0.2) is 23.1 Å². The zero-order valence-electron chi connectivity index (χ0n) is 17.0.